The van der Waals surface area contributed by atoms with E-state index in [0.717, 1.165) is 103 Å². The van der Waals surface area contributed by atoms with Crippen molar-refractivity contribution in [3.63, 3.8) is 0 Å². The zero-order valence-electron chi connectivity index (χ0n) is 34.7. The topological polar surface area (TPSA) is 125 Å². The highest BCUT2D eigenvalue weighted by Crippen LogP contribution is 2.21. The zero-order valence-corrected chi connectivity index (χ0v) is 34.7. The lowest BCUT2D eigenvalue weighted by Crippen LogP contribution is -2.43. The molecular weight excluding hydrogens is 675 g/mol. The highest BCUT2D eigenvalue weighted by Gasteiger charge is 2.41. The Morgan fingerprint density at radius 1 is 0.556 bits per heavy atom. The van der Waals surface area contributed by atoms with Gasteiger partial charge in [-0.15, -0.1) is 0 Å². The maximum absolute atomic E-state index is 13.1. The third-order valence-corrected chi connectivity index (χ3v) is 10.0. The van der Waals surface area contributed by atoms with Crippen LogP contribution in [0.25, 0.3) is 0 Å². The minimum absolute atomic E-state index is 0.193. The number of ether oxygens (including phenoxy) is 2. The summed E-state index contributed by atoms with van der Waals surface area (Å²) in [4.78, 5) is 40.4. The molecule has 0 aromatic rings. The van der Waals surface area contributed by atoms with Crippen LogP contribution in [-0.2, 0) is 23.9 Å². The van der Waals surface area contributed by atoms with Crippen molar-refractivity contribution in [3.8, 4) is 0 Å². The third-order valence-electron chi connectivity index (χ3n) is 10.0. The van der Waals surface area contributed by atoms with E-state index in [0.29, 0.717) is 25.8 Å². The Kier molecular flexibility index (Phi) is 32.8. The summed E-state index contributed by atoms with van der Waals surface area (Å²) < 4.78 is 11.7. The second kappa shape index (κ2) is 36.0. The summed E-state index contributed by atoms with van der Waals surface area (Å²) in [7, 11) is 0. The fourth-order valence-electron chi connectivity index (χ4n) is 6.63. The molecule has 0 saturated carbocycles. The smallest absolute Gasteiger partial charge is 0.306 e. The number of carbonyl (C=O) groups is 3. The van der Waals surface area contributed by atoms with E-state index in [-0.39, 0.29) is 30.9 Å². The van der Waals surface area contributed by atoms with Gasteiger partial charge in [0.25, 0.3) is 0 Å². The average molecular weight is 756 g/mol. The molecule has 1 rings (SSSR count). The molecule has 1 heterocycles. The second-order valence-electron chi connectivity index (χ2n) is 15.2. The number of nitrogens with zero attached hydrogens (tertiary/aromatic N) is 1. The minimum Gasteiger partial charge on any atom is -0.456 e. The molecule has 1 aliphatic heterocycles. The van der Waals surface area contributed by atoms with Gasteiger partial charge in [0.15, 0.2) is 12.2 Å². The molecule has 0 radical (unpaired) electrons. The number of hydrogen-bond donors (Lipinski definition) is 2. The molecule has 1 fully saturated rings. The third kappa shape index (κ3) is 27.8. The van der Waals surface area contributed by atoms with Gasteiger partial charge in [0.1, 0.15) is 0 Å². The lowest BCUT2D eigenvalue weighted by atomic mass is 10.1. The highest BCUT2D eigenvalue weighted by molar-refractivity contribution is 5.82. The van der Waals surface area contributed by atoms with Gasteiger partial charge in [0, 0.05) is 12.8 Å². The minimum atomic E-state index is -0.677. The summed E-state index contributed by atoms with van der Waals surface area (Å²) in [5.74, 6) is -0.807. The molecule has 0 aromatic heterocycles. The van der Waals surface area contributed by atoms with Crippen LogP contribution in [0.4, 0.5) is 0 Å². The number of nitrogens with two attached hydrogens (primary N) is 2. The Morgan fingerprint density at radius 3 is 1.35 bits per heavy atom. The molecule has 1 aliphatic rings. The number of rotatable bonds is 35. The summed E-state index contributed by atoms with van der Waals surface area (Å²) in [5.41, 5.74) is 11.8. The normalized spacial score (nSPS) is 16.8. The Labute approximate surface area is 331 Å². The van der Waals surface area contributed by atoms with Crippen molar-refractivity contribution in [2.75, 3.05) is 19.6 Å². The van der Waals surface area contributed by atoms with E-state index in [1.807, 2.05) is 0 Å². The van der Waals surface area contributed by atoms with Gasteiger partial charge in [-0.05, 0) is 96.4 Å². The zero-order chi connectivity index (χ0) is 39.3. The molecular formula is C46H81N3O5. The predicted molar refractivity (Wildman–Crippen MR) is 226 cm³/mol. The lowest BCUT2D eigenvalue weighted by Gasteiger charge is -2.20. The van der Waals surface area contributed by atoms with Crippen LogP contribution in [0.5, 0.6) is 0 Å². The summed E-state index contributed by atoms with van der Waals surface area (Å²) in [6.45, 7) is 5.41. The maximum Gasteiger partial charge on any atom is 0.306 e. The number of esters is 2. The highest BCUT2D eigenvalue weighted by atomic mass is 16.6. The summed E-state index contributed by atoms with van der Waals surface area (Å²) in [6, 6.07) is -0.650. The van der Waals surface area contributed by atoms with Crippen molar-refractivity contribution in [3.05, 3.63) is 48.6 Å². The van der Waals surface area contributed by atoms with Crippen LogP contribution in [-0.4, -0.2) is 60.6 Å². The predicted octanol–water partition coefficient (Wildman–Crippen LogP) is 10.7. The summed E-state index contributed by atoms with van der Waals surface area (Å²) in [6.07, 6.45) is 44.1. The molecule has 8 heteroatoms. The fourth-order valence-corrected chi connectivity index (χ4v) is 6.63. The molecule has 0 spiro atoms. The van der Waals surface area contributed by atoms with Crippen LogP contribution in [0.1, 0.15) is 187 Å². The molecule has 1 saturated heterocycles. The van der Waals surface area contributed by atoms with Gasteiger partial charge < -0.3 is 25.8 Å². The number of allylic oxidation sites excluding steroid dienone is 8. The quantitative estimate of drug-likeness (QED) is 0.0375. The van der Waals surface area contributed by atoms with E-state index in [2.05, 4.69) is 62.5 Å². The van der Waals surface area contributed by atoms with Crippen molar-refractivity contribution in [2.45, 2.75) is 205 Å². The molecule has 54 heavy (non-hydrogen) atoms. The van der Waals surface area contributed by atoms with Gasteiger partial charge in [-0.3, -0.25) is 14.4 Å². The van der Waals surface area contributed by atoms with E-state index < -0.39 is 18.2 Å². The first-order chi connectivity index (χ1) is 26.4. The Hall–Kier alpha value is -2.71. The van der Waals surface area contributed by atoms with Gasteiger partial charge >= 0.3 is 11.9 Å². The fraction of sp³-hybridized carbons (Fsp3) is 0.761. The van der Waals surface area contributed by atoms with Crippen molar-refractivity contribution in [1.82, 2.24) is 4.90 Å². The van der Waals surface area contributed by atoms with Crippen LogP contribution in [0, 0.1) is 0 Å². The molecule has 310 valence electrons. The van der Waals surface area contributed by atoms with Crippen molar-refractivity contribution < 1.29 is 23.9 Å². The Balaban J connectivity index is 2.38. The second-order valence-corrected chi connectivity index (χ2v) is 15.2. The molecule has 4 N–H and O–H groups in total. The number of likely N-dealkylation sites (tertiary alicyclic amines) is 1. The SMILES string of the molecule is CCCCC/C=C\C/C=C\CCCCCCCC(=O)OC1CN(C(=O)[C@@H](N)CCCCN)C[C@H]1OC(=O)CCCCCCC/C=C\C/C=C\CCCCC. The van der Waals surface area contributed by atoms with Crippen LogP contribution < -0.4 is 11.5 Å². The van der Waals surface area contributed by atoms with Crippen LogP contribution in [0.2, 0.25) is 0 Å². The van der Waals surface area contributed by atoms with Crippen LogP contribution in [0.3, 0.4) is 0 Å². The van der Waals surface area contributed by atoms with Crippen molar-refractivity contribution in [2.24, 2.45) is 11.5 Å². The standard InChI is InChI=1S/C46H81N3O5/c1-3-5-7-9-11-13-15-17-19-21-23-25-27-29-31-36-44(50)53-42-39-49(46(52)41(48)35-33-34-38-47)40-43(42)54-45(51)37-32-30-28-26-24-22-20-18-16-14-12-10-8-6-4-2/h11-14,17-20,41-43H,3-10,15-16,21-40,47-48H2,1-2H3/b13-11-,14-12-,19-17-,20-18-/t41-,42+,43?/m0/s1. The number of hydrogen-bond acceptors (Lipinski definition) is 7. The number of amides is 1. The van der Waals surface area contributed by atoms with E-state index in [1.54, 1.807) is 4.90 Å². The van der Waals surface area contributed by atoms with E-state index >= 15 is 0 Å². The van der Waals surface area contributed by atoms with Crippen LogP contribution in [0.15, 0.2) is 48.6 Å². The monoisotopic (exact) mass is 756 g/mol. The van der Waals surface area contributed by atoms with Gasteiger partial charge in [0.05, 0.1) is 19.1 Å². The molecule has 0 aromatic carbocycles. The van der Waals surface area contributed by atoms with Gasteiger partial charge in [-0.2, -0.15) is 0 Å². The molecule has 8 nitrogen and oxygen atoms in total. The number of carbonyl (C=O) groups excluding carboxylic acids is 3. The summed E-state index contributed by atoms with van der Waals surface area (Å²) in [5, 5.41) is 0. The van der Waals surface area contributed by atoms with Gasteiger partial charge in [-0.25, -0.2) is 0 Å². The first kappa shape index (κ1) is 49.3. The first-order valence-electron chi connectivity index (χ1n) is 22.2. The summed E-state index contributed by atoms with van der Waals surface area (Å²) >= 11 is 0. The number of unbranched alkanes of at least 4 members (excludes halogenated alkanes) is 17. The molecule has 0 aliphatic carbocycles. The molecule has 1 unspecified atom stereocenters. The first-order valence-corrected chi connectivity index (χ1v) is 22.2. The molecule has 1 amide bonds. The van der Waals surface area contributed by atoms with Gasteiger partial charge in [-0.1, -0.05) is 133 Å². The maximum atomic E-state index is 13.1. The lowest BCUT2D eigenvalue weighted by molar-refractivity contribution is -0.164. The Morgan fingerprint density at radius 2 is 0.944 bits per heavy atom. The van der Waals surface area contributed by atoms with Crippen molar-refractivity contribution >= 4 is 17.8 Å². The van der Waals surface area contributed by atoms with Gasteiger partial charge in [0.2, 0.25) is 5.91 Å². The largest absolute Gasteiger partial charge is 0.456 e. The Bertz CT molecular complexity index is 987. The van der Waals surface area contributed by atoms with E-state index in [9.17, 15) is 14.4 Å². The van der Waals surface area contributed by atoms with Crippen LogP contribution >= 0.6 is 0 Å². The average Bonchev–Trinajstić information content (AvgIpc) is 3.55. The van der Waals surface area contributed by atoms with E-state index in [1.165, 1.54) is 51.4 Å². The molecule has 0 bridgehead atoms. The van der Waals surface area contributed by atoms with E-state index in [4.69, 9.17) is 20.9 Å². The molecule has 3 atom stereocenters. The van der Waals surface area contributed by atoms with Crippen molar-refractivity contribution in [1.29, 1.82) is 0 Å².